The summed E-state index contributed by atoms with van der Waals surface area (Å²) in [6, 6.07) is 11.5. The quantitative estimate of drug-likeness (QED) is 0.695. The van der Waals surface area contributed by atoms with Crippen LogP contribution >= 0.6 is 0 Å². The smallest absolute Gasteiger partial charge is 0.266 e. The minimum Gasteiger partial charge on any atom is -0.348 e. The van der Waals surface area contributed by atoms with Crippen molar-refractivity contribution in [3.05, 3.63) is 58.4 Å². The Morgan fingerprint density at radius 2 is 1.91 bits per heavy atom. The van der Waals surface area contributed by atoms with E-state index in [1.807, 2.05) is 68.8 Å². The molecule has 0 aliphatic rings. The highest BCUT2D eigenvalue weighted by Gasteiger charge is 2.11. The van der Waals surface area contributed by atoms with Crippen LogP contribution in [0, 0.1) is 32.1 Å². The van der Waals surface area contributed by atoms with E-state index in [1.165, 1.54) is 0 Å². The summed E-state index contributed by atoms with van der Waals surface area (Å²) in [6.07, 6.45) is 1.60. The Bertz CT molecular complexity index is 791. The maximum absolute atomic E-state index is 12.3. The van der Waals surface area contributed by atoms with Crippen LogP contribution in [-0.4, -0.2) is 10.5 Å². The second-order valence-electron chi connectivity index (χ2n) is 5.38. The topological polar surface area (TPSA) is 57.8 Å². The number of benzene rings is 1. The summed E-state index contributed by atoms with van der Waals surface area (Å²) in [6.45, 7) is 5.97. The van der Waals surface area contributed by atoms with Gasteiger partial charge in [-0.2, -0.15) is 5.26 Å². The lowest BCUT2D eigenvalue weighted by molar-refractivity contribution is -0.112. The average molecular weight is 293 g/mol. The van der Waals surface area contributed by atoms with Gasteiger partial charge in [0.1, 0.15) is 11.6 Å². The van der Waals surface area contributed by atoms with Gasteiger partial charge in [0.2, 0.25) is 0 Å². The standard InChI is InChI=1S/C18H19N3O/c1-12-5-7-16(9-13(12)2)20-18(22)15(11-19)10-17-8-6-14(3)21(17)4/h5-10H,1-4H3,(H,20,22)/b15-10-. The number of hydrogen-bond donors (Lipinski definition) is 1. The molecule has 1 aromatic carbocycles. The van der Waals surface area contributed by atoms with Crippen LogP contribution in [-0.2, 0) is 11.8 Å². The van der Waals surface area contributed by atoms with Crippen molar-refractivity contribution in [1.29, 1.82) is 5.26 Å². The molecule has 0 fully saturated rings. The molecule has 1 N–H and O–H groups in total. The first-order valence-electron chi connectivity index (χ1n) is 7.05. The molecule has 2 rings (SSSR count). The Hall–Kier alpha value is -2.80. The van der Waals surface area contributed by atoms with Crippen molar-refractivity contribution in [3.63, 3.8) is 0 Å². The van der Waals surface area contributed by atoms with Crippen molar-refractivity contribution < 1.29 is 4.79 Å². The lowest BCUT2D eigenvalue weighted by Gasteiger charge is -2.07. The number of aryl methyl sites for hydroxylation is 3. The molecule has 22 heavy (non-hydrogen) atoms. The van der Waals surface area contributed by atoms with Gasteiger partial charge >= 0.3 is 0 Å². The second-order valence-corrected chi connectivity index (χ2v) is 5.38. The first kappa shape index (κ1) is 15.6. The van der Waals surface area contributed by atoms with Crippen molar-refractivity contribution in [3.8, 4) is 6.07 Å². The fourth-order valence-electron chi connectivity index (χ4n) is 2.09. The Balaban J connectivity index is 2.24. The number of carbonyl (C=O) groups excluding carboxylic acids is 1. The van der Waals surface area contributed by atoms with E-state index in [0.29, 0.717) is 5.69 Å². The lowest BCUT2D eigenvalue weighted by atomic mass is 10.1. The zero-order chi connectivity index (χ0) is 16.3. The van der Waals surface area contributed by atoms with Gasteiger partial charge in [0, 0.05) is 24.1 Å². The molecule has 0 radical (unpaired) electrons. The van der Waals surface area contributed by atoms with Crippen LogP contribution < -0.4 is 5.32 Å². The molecular weight excluding hydrogens is 274 g/mol. The highest BCUT2D eigenvalue weighted by atomic mass is 16.1. The van der Waals surface area contributed by atoms with E-state index in [9.17, 15) is 10.1 Å². The Kier molecular flexibility index (Phi) is 4.47. The molecule has 1 amide bonds. The molecule has 0 saturated heterocycles. The second kappa shape index (κ2) is 6.31. The predicted octanol–water partition coefficient (Wildman–Crippen LogP) is 3.50. The number of nitrogens with zero attached hydrogens (tertiary/aromatic N) is 2. The van der Waals surface area contributed by atoms with E-state index in [-0.39, 0.29) is 5.57 Å². The van der Waals surface area contributed by atoms with Gasteiger partial charge in [-0.25, -0.2) is 0 Å². The summed E-state index contributed by atoms with van der Waals surface area (Å²) in [4.78, 5) is 12.3. The summed E-state index contributed by atoms with van der Waals surface area (Å²) < 4.78 is 1.93. The first-order valence-corrected chi connectivity index (χ1v) is 7.05. The molecule has 2 aromatic rings. The normalized spacial score (nSPS) is 11.1. The summed E-state index contributed by atoms with van der Waals surface area (Å²) in [5.41, 5.74) is 4.92. The van der Waals surface area contributed by atoms with Crippen LogP contribution in [0.5, 0.6) is 0 Å². The van der Waals surface area contributed by atoms with Crippen LogP contribution in [0.15, 0.2) is 35.9 Å². The number of nitrogens with one attached hydrogen (secondary N) is 1. The third-order valence-electron chi connectivity index (χ3n) is 3.83. The molecule has 0 unspecified atom stereocenters. The van der Waals surface area contributed by atoms with E-state index in [1.54, 1.807) is 6.08 Å². The molecule has 0 saturated carbocycles. The Morgan fingerprint density at radius 3 is 2.45 bits per heavy atom. The molecule has 0 atom stereocenters. The predicted molar refractivity (Wildman–Crippen MR) is 88.3 cm³/mol. The fraction of sp³-hybridized carbons (Fsp3) is 0.222. The van der Waals surface area contributed by atoms with Gasteiger partial charge < -0.3 is 9.88 Å². The van der Waals surface area contributed by atoms with E-state index in [2.05, 4.69) is 5.32 Å². The number of nitriles is 1. The van der Waals surface area contributed by atoms with Gasteiger partial charge in [-0.05, 0) is 62.2 Å². The number of hydrogen-bond acceptors (Lipinski definition) is 2. The van der Waals surface area contributed by atoms with Gasteiger partial charge in [0.25, 0.3) is 5.91 Å². The van der Waals surface area contributed by atoms with Crippen molar-refractivity contribution in [1.82, 2.24) is 4.57 Å². The van der Waals surface area contributed by atoms with Crippen LogP contribution in [0.1, 0.15) is 22.5 Å². The molecule has 4 nitrogen and oxygen atoms in total. The summed E-state index contributed by atoms with van der Waals surface area (Å²) in [7, 11) is 1.90. The highest BCUT2D eigenvalue weighted by molar-refractivity contribution is 6.09. The van der Waals surface area contributed by atoms with Crippen LogP contribution in [0.4, 0.5) is 5.69 Å². The molecule has 0 aliphatic carbocycles. The van der Waals surface area contributed by atoms with Gasteiger partial charge in [-0.3, -0.25) is 4.79 Å². The number of aromatic nitrogens is 1. The molecule has 0 spiro atoms. The maximum Gasteiger partial charge on any atom is 0.266 e. The lowest BCUT2D eigenvalue weighted by Crippen LogP contribution is -2.13. The first-order chi connectivity index (χ1) is 10.4. The largest absolute Gasteiger partial charge is 0.348 e. The van der Waals surface area contributed by atoms with Crippen molar-refractivity contribution in [2.24, 2.45) is 7.05 Å². The molecule has 0 bridgehead atoms. The van der Waals surface area contributed by atoms with Crippen molar-refractivity contribution >= 4 is 17.7 Å². The van der Waals surface area contributed by atoms with E-state index >= 15 is 0 Å². The Labute approximate surface area is 130 Å². The summed E-state index contributed by atoms with van der Waals surface area (Å²) in [5.74, 6) is -0.399. The van der Waals surface area contributed by atoms with E-state index < -0.39 is 5.91 Å². The minimum absolute atomic E-state index is 0.0828. The maximum atomic E-state index is 12.3. The third-order valence-corrected chi connectivity index (χ3v) is 3.83. The van der Waals surface area contributed by atoms with Gasteiger partial charge in [-0.15, -0.1) is 0 Å². The number of anilines is 1. The molecule has 112 valence electrons. The van der Waals surface area contributed by atoms with Crippen LogP contribution in [0.25, 0.3) is 6.08 Å². The van der Waals surface area contributed by atoms with E-state index in [4.69, 9.17) is 0 Å². The average Bonchev–Trinajstić information content (AvgIpc) is 2.80. The van der Waals surface area contributed by atoms with Crippen LogP contribution in [0.2, 0.25) is 0 Å². The molecular formula is C18H19N3O. The zero-order valence-electron chi connectivity index (χ0n) is 13.3. The number of carbonyl (C=O) groups is 1. The number of amides is 1. The van der Waals surface area contributed by atoms with Crippen molar-refractivity contribution in [2.75, 3.05) is 5.32 Å². The van der Waals surface area contributed by atoms with Gasteiger partial charge in [0.15, 0.2) is 0 Å². The summed E-state index contributed by atoms with van der Waals surface area (Å²) in [5, 5.41) is 12.0. The SMILES string of the molecule is Cc1ccc(NC(=O)/C(C#N)=C\c2ccc(C)n2C)cc1C. The minimum atomic E-state index is -0.399. The van der Waals surface area contributed by atoms with Gasteiger partial charge in [-0.1, -0.05) is 6.07 Å². The van der Waals surface area contributed by atoms with Crippen molar-refractivity contribution in [2.45, 2.75) is 20.8 Å². The highest BCUT2D eigenvalue weighted by Crippen LogP contribution is 2.16. The van der Waals surface area contributed by atoms with Gasteiger partial charge in [0.05, 0.1) is 0 Å². The van der Waals surface area contributed by atoms with E-state index in [0.717, 1.165) is 22.5 Å². The molecule has 1 heterocycles. The Morgan fingerprint density at radius 1 is 1.18 bits per heavy atom. The van der Waals surface area contributed by atoms with Crippen LogP contribution in [0.3, 0.4) is 0 Å². The number of rotatable bonds is 3. The summed E-state index contributed by atoms with van der Waals surface area (Å²) >= 11 is 0. The molecule has 4 heteroatoms. The fourth-order valence-corrected chi connectivity index (χ4v) is 2.09. The zero-order valence-corrected chi connectivity index (χ0v) is 13.3. The third kappa shape index (κ3) is 3.26. The molecule has 1 aromatic heterocycles. The monoisotopic (exact) mass is 293 g/mol. The molecule has 0 aliphatic heterocycles.